The Kier molecular flexibility index (Phi) is 27.6. The fraction of sp³-hybridized carbons (Fsp3) is 0.933. The Morgan fingerprint density at radius 1 is 0.412 bits per heavy atom. The summed E-state index contributed by atoms with van der Waals surface area (Å²) < 4.78 is 24.2. The van der Waals surface area contributed by atoms with Crippen molar-refractivity contribution in [3.8, 4) is 0 Å². The van der Waals surface area contributed by atoms with E-state index in [0.717, 1.165) is 51.1 Å². The zero-order valence-corrected chi connectivity index (χ0v) is 23.6. The van der Waals surface area contributed by atoms with Gasteiger partial charge in [-0.05, 0) is 25.7 Å². The van der Waals surface area contributed by atoms with Gasteiger partial charge < -0.3 is 18.9 Å². The van der Waals surface area contributed by atoms with Crippen molar-refractivity contribution in [1.29, 1.82) is 0 Å². The summed E-state index contributed by atoms with van der Waals surface area (Å²) in [6.07, 6.45) is 24.3. The monoisotopic (exact) mass is 484 g/mol. The van der Waals surface area contributed by atoms with Crippen LogP contribution in [-0.4, -0.2) is 26.6 Å². The minimum atomic E-state index is 0.246. The summed E-state index contributed by atoms with van der Waals surface area (Å²) >= 11 is 0. The fourth-order valence-electron chi connectivity index (χ4n) is 3.88. The highest BCUT2D eigenvalue weighted by Crippen LogP contribution is 2.20. The Labute approximate surface area is 213 Å². The first-order chi connectivity index (χ1) is 16.8. The summed E-state index contributed by atoms with van der Waals surface area (Å²) in [6.45, 7) is 11.4. The van der Waals surface area contributed by atoms with Gasteiger partial charge in [-0.25, -0.2) is 0 Å². The first-order valence-electron chi connectivity index (χ1n) is 15.0. The molecule has 0 aromatic heterocycles. The van der Waals surface area contributed by atoms with E-state index in [0.29, 0.717) is 12.6 Å². The lowest BCUT2D eigenvalue weighted by atomic mass is 10.1. The largest absolute Gasteiger partial charge is 0.491 e. The van der Waals surface area contributed by atoms with Crippen LogP contribution in [0.1, 0.15) is 156 Å². The lowest BCUT2D eigenvalue weighted by Crippen LogP contribution is -2.10. The summed E-state index contributed by atoms with van der Waals surface area (Å²) in [5.74, 6) is 1.46. The molecule has 4 heteroatoms. The van der Waals surface area contributed by atoms with Crippen LogP contribution in [0.15, 0.2) is 11.7 Å². The maximum Gasteiger partial charge on any atom is 0.321 e. The molecular formula is C30H60O4. The molecule has 0 aliphatic heterocycles. The average molecular weight is 485 g/mol. The molecule has 0 rings (SSSR count). The first-order valence-corrected chi connectivity index (χ1v) is 15.0. The molecule has 0 saturated heterocycles. The zero-order valence-electron chi connectivity index (χ0n) is 23.6. The van der Waals surface area contributed by atoms with Crippen molar-refractivity contribution in [2.24, 2.45) is 0 Å². The van der Waals surface area contributed by atoms with Crippen molar-refractivity contribution >= 4 is 0 Å². The Balaban J connectivity index is 4.72. The smallest absolute Gasteiger partial charge is 0.321 e. The average Bonchev–Trinajstić information content (AvgIpc) is 2.85. The van der Waals surface area contributed by atoms with Gasteiger partial charge in [0.05, 0.1) is 19.8 Å². The normalized spacial score (nSPS) is 12.0. The van der Waals surface area contributed by atoms with E-state index in [2.05, 4.69) is 27.7 Å². The second kappa shape index (κ2) is 28.3. The van der Waals surface area contributed by atoms with Crippen molar-refractivity contribution in [2.45, 2.75) is 156 Å². The molecule has 0 unspecified atom stereocenters. The van der Waals surface area contributed by atoms with Crippen LogP contribution < -0.4 is 0 Å². The lowest BCUT2D eigenvalue weighted by Gasteiger charge is -2.18. The van der Waals surface area contributed by atoms with Crippen molar-refractivity contribution in [3.63, 3.8) is 0 Å². The van der Waals surface area contributed by atoms with E-state index in [4.69, 9.17) is 18.9 Å². The molecule has 0 aromatic carbocycles. The third-order valence-electron chi connectivity index (χ3n) is 6.16. The summed E-state index contributed by atoms with van der Waals surface area (Å²) in [6, 6.07) is 0. The zero-order chi connectivity index (χ0) is 25.0. The summed E-state index contributed by atoms with van der Waals surface area (Å²) in [5, 5.41) is 0. The van der Waals surface area contributed by atoms with E-state index in [1.54, 1.807) is 0 Å². The predicted molar refractivity (Wildman–Crippen MR) is 146 cm³/mol. The quantitative estimate of drug-likeness (QED) is 0.0628. The van der Waals surface area contributed by atoms with E-state index in [1.807, 2.05) is 0 Å². The molecule has 0 saturated carbocycles. The molecule has 0 radical (unpaired) electrons. The van der Waals surface area contributed by atoms with E-state index in [-0.39, 0.29) is 6.79 Å². The third kappa shape index (κ3) is 22.9. The molecule has 204 valence electrons. The van der Waals surface area contributed by atoms with Gasteiger partial charge in [0.2, 0.25) is 0 Å². The highest BCUT2D eigenvalue weighted by Gasteiger charge is 2.13. The van der Waals surface area contributed by atoms with Gasteiger partial charge in [0, 0.05) is 6.42 Å². The van der Waals surface area contributed by atoms with Crippen molar-refractivity contribution < 1.29 is 18.9 Å². The fourth-order valence-corrected chi connectivity index (χ4v) is 3.88. The van der Waals surface area contributed by atoms with Crippen LogP contribution in [0, 0.1) is 0 Å². The van der Waals surface area contributed by atoms with Gasteiger partial charge in [0.25, 0.3) is 0 Å². The van der Waals surface area contributed by atoms with E-state index >= 15 is 0 Å². The van der Waals surface area contributed by atoms with Crippen molar-refractivity contribution in [1.82, 2.24) is 0 Å². The van der Waals surface area contributed by atoms with Crippen LogP contribution in [0.3, 0.4) is 0 Å². The molecule has 0 N–H and O–H groups in total. The van der Waals surface area contributed by atoms with Gasteiger partial charge in [-0.3, -0.25) is 0 Å². The molecule has 0 bridgehead atoms. The van der Waals surface area contributed by atoms with Gasteiger partial charge in [0.1, 0.15) is 0 Å². The minimum Gasteiger partial charge on any atom is -0.491 e. The maximum absolute atomic E-state index is 6.25. The van der Waals surface area contributed by atoms with Crippen LogP contribution in [0.5, 0.6) is 0 Å². The van der Waals surface area contributed by atoms with Crippen molar-refractivity contribution in [2.75, 3.05) is 26.6 Å². The number of hydrogen-bond donors (Lipinski definition) is 0. The molecule has 0 aromatic rings. The minimum absolute atomic E-state index is 0.246. The first kappa shape index (κ1) is 33.1. The van der Waals surface area contributed by atoms with E-state index in [9.17, 15) is 0 Å². The van der Waals surface area contributed by atoms with E-state index < -0.39 is 0 Å². The molecule has 0 fully saturated rings. The number of rotatable bonds is 28. The SMILES string of the molecule is CCCCCCCCOC(CCCCC)=C(OCCCCCCCC)OCOCCCCCC. The Morgan fingerprint density at radius 3 is 1.44 bits per heavy atom. The Hall–Kier alpha value is -0.900. The predicted octanol–water partition coefficient (Wildman–Crippen LogP) is 10.1. The van der Waals surface area contributed by atoms with Crippen LogP contribution >= 0.6 is 0 Å². The third-order valence-corrected chi connectivity index (χ3v) is 6.16. The standard InChI is InChI=1S/C30H60O4/c1-5-9-13-16-18-22-26-32-29(24-20-12-8-4)30(33-27-23-19-17-14-10-6-2)34-28-31-25-21-15-11-7-3/h5-28H2,1-4H3. The number of hydrogen-bond acceptors (Lipinski definition) is 4. The molecule has 0 aliphatic carbocycles. The molecular weight excluding hydrogens is 424 g/mol. The molecule has 0 heterocycles. The maximum atomic E-state index is 6.25. The topological polar surface area (TPSA) is 36.9 Å². The molecule has 0 spiro atoms. The summed E-state index contributed by atoms with van der Waals surface area (Å²) in [7, 11) is 0. The van der Waals surface area contributed by atoms with Gasteiger partial charge in [-0.2, -0.15) is 0 Å². The molecule has 0 aliphatic rings. The van der Waals surface area contributed by atoms with Crippen LogP contribution in [-0.2, 0) is 18.9 Å². The van der Waals surface area contributed by atoms with Gasteiger partial charge >= 0.3 is 5.95 Å². The number of ether oxygens (including phenoxy) is 4. The molecule has 4 nitrogen and oxygen atoms in total. The second-order valence-corrected chi connectivity index (χ2v) is 9.63. The Morgan fingerprint density at radius 2 is 0.853 bits per heavy atom. The highest BCUT2D eigenvalue weighted by atomic mass is 16.7. The van der Waals surface area contributed by atoms with Crippen LogP contribution in [0.2, 0.25) is 0 Å². The molecule has 0 atom stereocenters. The van der Waals surface area contributed by atoms with Crippen molar-refractivity contribution in [3.05, 3.63) is 11.7 Å². The van der Waals surface area contributed by atoms with Gasteiger partial charge in [0.15, 0.2) is 12.6 Å². The van der Waals surface area contributed by atoms with Crippen LogP contribution in [0.4, 0.5) is 0 Å². The molecule has 34 heavy (non-hydrogen) atoms. The Bertz CT molecular complexity index is 402. The van der Waals surface area contributed by atoms with E-state index in [1.165, 1.54) is 96.3 Å². The highest BCUT2D eigenvalue weighted by molar-refractivity contribution is 4.95. The van der Waals surface area contributed by atoms with Crippen LogP contribution in [0.25, 0.3) is 0 Å². The lowest BCUT2D eigenvalue weighted by molar-refractivity contribution is -0.0845. The number of unbranched alkanes of at least 4 members (excludes halogenated alkanes) is 15. The van der Waals surface area contributed by atoms with Gasteiger partial charge in [-0.15, -0.1) is 0 Å². The molecule has 0 amide bonds. The second-order valence-electron chi connectivity index (χ2n) is 9.63. The van der Waals surface area contributed by atoms with Gasteiger partial charge in [-0.1, -0.05) is 124 Å². The summed E-state index contributed by atoms with van der Waals surface area (Å²) in [4.78, 5) is 0. The summed E-state index contributed by atoms with van der Waals surface area (Å²) in [5.41, 5.74) is 0. The number of allylic oxidation sites excluding steroid dienone is 1.